The second kappa shape index (κ2) is 8.47. The van der Waals surface area contributed by atoms with Gasteiger partial charge in [0.05, 0.1) is 5.41 Å². The SMILES string of the molecule is CCC(=Cc1ccccc1)C1C[C@@H]1NC1CC2(CCN(CC(C)(C)C(=O)O)CC2)C1. The van der Waals surface area contributed by atoms with Gasteiger partial charge in [-0.05, 0) is 82.4 Å². The number of carboxylic acid groups (broad SMARTS) is 1. The molecule has 2 atom stereocenters. The van der Waals surface area contributed by atoms with Gasteiger partial charge in [-0.1, -0.05) is 48.9 Å². The maximum atomic E-state index is 11.4. The highest BCUT2D eigenvalue weighted by Crippen LogP contribution is 2.51. The zero-order valence-electron chi connectivity index (χ0n) is 18.9. The molecule has 1 aromatic rings. The first-order chi connectivity index (χ1) is 14.3. The third-order valence-electron chi connectivity index (χ3n) is 7.75. The smallest absolute Gasteiger partial charge is 0.310 e. The Morgan fingerprint density at radius 1 is 1.23 bits per heavy atom. The first-order valence-corrected chi connectivity index (χ1v) is 11.8. The van der Waals surface area contributed by atoms with Gasteiger partial charge in [-0.15, -0.1) is 0 Å². The van der Waals surface area contributed by atoms with E-state index in [2.05, 4.69) is 53.5 Å². The minimum Gasteiger partial charge on any atom is -0.481 e. The van der Waals surface area contributed by atoms with Crippen molar-refractivity contribution < 1.29 is 9.90 Å². The van der Waals surface area contributed by atoms with Gasteiger partial charge < -0.3 is 15.3 Å². The molecule has 1 heterocycles. The van der Waals surface area contributed by atoms with Gasteiger partial charge in [0.15, 0.2) is 0 Å². The summed E-state index contributed by atoms with van der Waals surface area (Å²) >= 11 is 0. The summed E-state index contributed by atoms with van der Waals surface area (Å²) in [6.45, 7) is 8.72. The van der Waals surface area contributed by atoms with Crippen molar-refractivity contribution >= 4 is 12.0 Å². The second-order valence-corrected chi connectivity index (χ2v) is 10.7. The van der Waals surface area contributed by atoms with Crippen LogP contribution in [0.4, 0.5) is 0 Å². The highest BCUT2D eigenvalue weighted by molar-refractivity contribution is 5.73. The Hall–Kier alpha value is -1.65. The standard InChI is InChI=1S/C26H38N2O2/c1-4-20(14-19-8-6-5-7-9-19)22-15-23(22)27-21-16-26(17-21)10-12-28(13-11-26)18-25(2,3)24(29)30/h5-9,14,21-23,27H,4,10-13,15-18H2,1-3H3,(H,29,30)/t22?,23-/m0/s1. The Bertz CT molecular complexity index is 769. The molecule has 1 unspecified atom stereocenters. The number of piperidine rings is 1. The first kappa shape index (κ1) is 21.6. The molecular formula is C26H38N2O2. The molecule has 2 saturated carbocycles. The lowest BCUT2D eigenvalue weighted by Gasteiger charge is -2.53. The van der Waals surface area contributed by atoms with E-state index in [1.807, 2.05) is 13.8 Å². The van der Waals surface area contributed by atoms with Gasteiger partial charge >= 0.3 is 5.97 Å². The Morgan fingerprint density at radius 2 is 1.90 bits per heavy atom. The minimum absolute atomic E-state index is 0.513. The predicted octanol–water partition coefficient (Wildman–Crippen LogP) is 4.81. The molecule has 2 aliphatic carbocycles. The van der Waals surface area contributed by atoms with Crippen molar-refractivity contribution in [3.8, 4) is 0 Å². The molecule has 0 amide bonds. The van der Waals surface area contributed by atoms with Crippen LogP contribution in [0.2, 0.25) is 0 Å². The Balaban J connectivity index is 1.21. The van der Waals surface area contributed by atoms with E-state index in [1.54, 1.807) is 5.57 Å². The highest BCUT2D eigenvalue weighted by Gasteiger charge is 2.49. The third-order valence-corrected chi connectivity index (χ3v) is 7.75. The van der Waals surface area contributed by atoms with E-state index in [9.17, 15) is 9.90 Å². The molecule has 0 radical (unpaired) electrons. The van der Waals surface area contributed by atoms with Crippen molar-refractivity contribution in [2.75, 3.05) is 19.6 Å². The van der Waals surface area contributed by atoms with Gasteiger partial charge in [-0.25, -0.2) is 0 Å². The van der Waals surface area contributed by atoms with Crippen molar-refractivity contribution in [3.05, 3.63) is 41.5 Å². The molecule has 1 spiro atoms. The zero-order chi connectivity index (χ0) is 21.4. The van der Waals surface area contributed by atoms with Crippen LogP contribution in [0.25, 0.3) is 6.08 Å². The Kier molecular flexibility index (Phi) is 6.09. The topological polar surface area (TPSA) is 52.6 Å². The number of nitrogens with one attached hydrogen (secondary N) is 1. The van der Waals surface area contributed by atoms with Crippen molar-refractivity contribution in [1.29, 1.82) is 0 Å². The zero-order valence-corrected chi connectivity index (χ0v) is 18.9. The largest absolute Gasteiger partial charge is 0.481 e. The van der Waals surface area contributed by atoms with Gasteiger partial charge in [0, 0.05) is 18.6 Å². The van der Waals surface area contributed by atoms with Crippen molar-refractivity contribution in [2.24, 2.45) is 16.7 Å². The van der Waals surface area contributed by atoms with Crippen LogP contribution in [0.3, 0.4) is 0 Å². The van der Waals surface area contributed by atoms with Gasteiger partial charge in [-0.3, -0.25) is 4.79 Å². The summed E-state index contributed by atoms with van der Waals surface area (Å²) in [6, 6.07) is 12.0. The summed E-state index contributed by atoms with van der Waals surface area (Å²) in [5.41, 5.74) is 2.77. The Labute approximate surface area is 181 Å². The van der Waals surface area contributed by atoms with E-state index < -0.39 is 11.4 Å². The third kappa shape index (κ3) is 4.81. The molecule has 2 N–H and O–H groups in total. The van der Waals surface area contributed by atoms with E-state index in [-0.39, 0.29) is 0 Å². The molecule has 3 aliphatic rings. The van der Waals surface area contributed by atoms with Crippen LogP contribution in [0, 0.1) is 16.7 Å². The Morgan fingerprint density at radius 3 is 2.50 bits per heavy atom. The molecule has 3 fully saturated rings. The first-order valence-electron chi connectivity index (χ1n) is 11.8. The lowest BCUT2D eigenvalue weighted by molar-refractivity contribution is -0.148. The fourth-order valence-electron chi connectivity index (χ4n) is 5.65. The molecule has 1 aromatic carbocycles. The average Bonchev–Trinajstić information content (AvgIpc) is 3.46. The van der Waals surface area contributed by atoms with Gasteiger partial charge in [0.1, 0.15) is 0 Å². The van der Waals surface area contributed by atoms with Crippen LogP contribution >= 0.6 is 0 Å². The second-order valence-electron chi connectivity index (χ2n) is 10.7. The molecule has 164 valence electrons. The number of rotatable bonds is 8. The fraction of sp³-hybridized carbons (Fsp3) is 0.654. The van der Waals surface area contributed by atoms with Crippen LogP contribution < -0.4 is 5.32 Å². The number of hydrogen-bond acceptors (Lipinski definition) is 3. The van der Waals surface area contributed by atoms with E-state index >= 15 is 0 Å². The summed E-state index contributed by atoms with van der Waals surface area (Å²) in [5, 5.41) is 13.3. The van der Waals surface area contributed by atoms with E-state index in [1.165, 1.54) is 37.7 Å². The lowest BCUT2D eigenvalue weighted by Crippen LogP contribution is -2.55. The maximum Gasteiger partial charge on any atom is 0.310 e. The normalized spacial score (nSPS) is 27.1. The lowest BCUT2D eigenvalue weighted by atomic mass is 9.60. The van der Waals surface area contributed by atoms with Crippen LogP contribution in [0.1, 0.15) is 64.9 Å². The quantitative estimate of drug-likeness (QED) is 0.645. The molecule has 4 heteroatoms. The maximum absolute atomic E-state index is 11.4. The fourth-order valence-corrected chi connectivity index (χ4v) is 5.65. The van der Waals surface area contributed by atoms with Gasteiger partial charge in [0.2, 0.25) is 0 Å². The molecule has 4 rings (SSSR count). The van der Waals surface area contributed by atoms with Gasteiger partial charge in [0.25, 0.3) is 0 Å². The predicted molar refractivity (Wildman–Crippen MR) is 122 cm³/mol. The van der Waals surface area contributed by atoms with Crippen molar-refractivity contribution in [3.63, 3.8) is 0 Å². The molecule has 4 nitrogen and oxygen atoms in total. The van der Waals surface area contributed by atoms with Crippen LogP contribution in [-0.2, 0) is 4.79 Å². The van der Waals surface area contributed by atoms with Crippen LogP contribution in [0.15, 0.2) is 35.9 Å². The van der Waals surface area contributed by atoms with E-state index in [0.717, 1.165) is 19.5 Å². The number of benzene rings is 1. The molecule has 0 aromatic heterocycles. The number of carbonyl (C=O) groups is 1. The summed E-state index contributed by atoms with van der Waals surface area (Å²) in [6.07, 6.45) is 9.87. The number of likely N-dealkylation sites (tertiary alicyclic amines) is 1. The van der Waals surface area contributed by atoms with Crippen LogP contribution in [-0.4, -0.2) is 47.7 Å². The number of aliphatic carboxylic acids is 1. The summed E-state index contributed by atoms with van der Waals surface area (Å²) in [7, 11) is 0. The summed E-state index contributed by atoms with van der Waals surface area (Å²) in [4.78, 5) is 13.8. The molecule has 1 aliphatic heterocycles. The highest BCUT2D eigenvalue weighted by atomic mass is 16.4. The molecular weight excluding hydrogens is 372 g/mol. The van der Waals surface area contributed by atoms with E-state index in [0.29, 0.717) is 30.0 Å². The van der Waals surface area contributed by atoms with Gasteiger partial charge in [-0.2, -0.15) is 0 Å². The average molecular weight is 411 g/mol. The minimum atomic E-state index is -0.692. The monoisotopic (exact) mass is 410 g/mol. The molecule has 0 bridgehead atoms. The number of nitrogens with zero attached hydrogens (tertiary/aromatic N) is 1. The van der Waals surface area contributed by atoms with E-state index in [4.69, 9.17) is 0 Å². The van der Waals surface area contributed by atoms with Crippen molar-refractivity contribution in [1.82, 2.24) is 10.2 Å². The van der Waals surface area contributed by atoms with Crippen molar-refractivity contribution in [2.45, 2.75) is 71.4 Å². The number of hydrogen-bond donors (Lipinski definition) is 2. The number of carboxylic acids is 1. The summed E-state index contributed by atoms with van der Waals surface area (Å²) < 4.78 is 0. The van der Waals surface area contributed by atoms with Crippen LogP contribution in [0.5, 0.6) is 0 Å². The summed E-state index contributed by atoms with van der Waals surface area (Å²) in [5.74, 6) is 0.0225. The molecule has 1 saturated heterocycles. The molecule has 30 heavy (non-hydrogen) atoms.